The molecule has 0 amide bonds. The molecule has 0 fully saturated rings. The van der Waals surface area contributed by atoms with E-state index >= 15 is 0 Å². The van der Waals surface area contributed by atoms with Crippen molar-refractivity contribution >= 4 is 39.5 Å². The quantitative estimate of drug-likeness (QED) is 0.0169. The van der Waals surface area contributed by atoms with Gasteiger partial charge >= 0.3 is 39.5 Å². The van der Waals surface area contributed by atoms with Gasteiger partial charge in [0, 0.05) is 25.7 Å². The van der Waals surface area contributed by atoms with Crippen LogP contribution in [0.3, 0.4) is 0 Å². The molecule has 5 atom stereocenters. The summed E-state index contributed by atoms with van der Waals surface area (Å²) in [6, 6.07) is 0. The van der Waals surface area contributed by atoms with Crippen molar-refractivity contribution in [2.45, 2.75) is 329 Å². The SMILES string of the molecule is CC/C=C\C/C=C\C/C=C\C/C=C\C/C=C\C/C=C\CCC(=O)OCC(COP(=O)(O)OCC(O)COP(=O)(O)OCC(COC(=O)CCCCCCCC/C=C\C/C=C\C/C=C\C/C=C\CC)OC(=O)CCCCCCC/C=C\C/C=C\CCC)OC(=O)CCCCCCCC/C=C\C/C=C\C/C=C\CCCCC. The van der Waals surface area contributed by atoms with Crippen molar-refractivity contribution in [2.75, 3.05) is 39.6 Å². The van der Waals surface area contributed by atoms with Gasteiger partial charge in [-0.15, -0.1) is 0 Å². The van der Waals surface area contributed by atoms with Crippen LogP contribution >= 0.6 is 15.6 Å². The minimum Gasteiger partial charge on any atom is -0.462 e. The molecule has 0 saturated heterocycles. The molecule has 0 spiro atoms. The average Bonchev–Trinajstić information content (AvgIpc) is 0.900. The Kier molecular flexibility index (Phi) is 76.9. The van der Waals surface area contributed by atoms with Crippen molar-refractivity contribution in [1.82, 2.24) is 0 Å². The van der Waals surface area contributed by atoms with Crippen LogP contribution in [0.1, 0.15) is 310 Å². The molecule has 0 aliphatic carbocycles. The summed E-state index contributed by atoms with van der Waals surface area (Å²) < 4.78 is 68.7. The Hall–Kier alpha value is -5.84. The minimum absolute atomic E-state index is 0.0266. The molecule has 0 aromatic rings. The van der Waals surface area contributed by atoms with Crippen LogP contribution < -0.4 is 0 Å². The zero-order valence-electron chi connectivity index (χ0n) is 68.4. The van der Waals surface area contributed by atoms with Crippen LogP contribution in [0.4, 0.5) is 0 Å². The van der Waals surface area contributed by atoms with Crippen molar-refractivity contribution in [3.8, 4) is 0 Å². The van der Waals surface area contributed by atoms with E-state index < -0.39 is 97.5 Å². The molecule has 17 nitrogen and oxygen atoms in total. The second-order valence-corrected chi connectivity index (χ2v) is 30.2. The fraction of sp³-hybridized carbons (Fsp3) is 0.626. The van der Waals surface area contributed by atoms with Gasteiger partial charge in [-0.25, -0.2) is 9.13 Å². The third kappa shape index (κ3) is 80.2. The first kappa shape index (κ1) is 104. The largest absolute Gasteiger partial charge is 0.472 e. The molecular formula is C91H148O17P2. The molecule has 0 radical (unpaired) electrons. The lowest BCUT2D eigenvalue weighted by Gasteiger charge is -2.21. The monoisotopic (exact) mass is 1580 g/mol. The molecule has 0 bridgehead atoms. The maximum Gasteiger partial charge on any atom is 0.472 e. The number of phosphoric acid groups is 2. The maximum absolute atomic E-state index is 13.1. The summed E-state index contributed by atoms with van der Waals surface area (Å²) in [4.78, 5) is 73.2. The van der Waals surface area contributed by atoms with Crippen LogP contribution in [0.15, 0.2) is 182 Å². The first-order chi connectivity index (χ1) is 53.7. The normalized spacial score (nSPS) is 14.7. The predicted octanol–water partition coefficient (Wildman–Crippen LogP) is 25.1. The number of unbranched alkanes of at least 4 members (excludes halogenated alkanes) is 21. The third-order valence-electron chi connectivity index (χ3n) is 16.8. The number of hydrogen-bond acceptors (Lipinski definition) is 15. The van der Waals surface area contributed by atoms with E-state index in [-0.39, 0.29) is 25.7 Å². The van der Waals surface area contributed by atoms with Crippen molar-refractivity contribution in [3.05, 3.63) is 182 Å². The number of carbonyl (C=O) groups is 4. The number of ether oxygens (including phenoxy) is 4. The van der Waals surface area contributed by atoms with Gasteiger partial charge in [0.2, 0.25) is 0 Å². The number of hydrogen-bond donors (Lipinski definition) is 3. The molecule has 0 aromatic carbocycles. The van der Waals surface area contributed by atoms with E-state index in [1.165, 1.54) is 19.3 Å². The first-order valence-electron chi connectivity index (χ1n) is 42.0. The van der Waals surface area contributed by atoms with Gasteiger partial charge in [0.25, 0.3) is 0 Å². The van der Waals surface area contributed by atoms with Crippen LogP contribution in [0.25, 0.3) is 0 Å². The highest BCUT2D eigenvalue weighted by atomic mass is 31.2. The fourth-order valence-electron chi connectivity index (χ4n) is 10.5. The van der Waals surface area contributed by atoms with Gasteiger partial charge in [0.15, 0.2) is 12.2 Å². The number of aliphatic hydroxyl groups is 1. The van der Waals surface area contributed by atoms with E-state index in [9.17, 15) is 43.2 Å². The van der Waals surface area contributed by atoms with Crippen LogP contribution in [0.2, 0.25) is 0 Å². The fourth-order valence-corrected chi connectivity index (χ4v) is 12.1. The van der Waals surface area contributed by atoms with E-state index in [1.54, 1.807) is 0 Å². The third-order valence-corrected chi connectivity index (χ3v) is 18.7. The first-order valence-corrected chi connectivity index (χ1v) is 45.0. The van der Waals surface area contributed by atoms with Gasteiger partial charge in [-0.3, -0.25) is 37.3 Å². The predicted molar refractivity (Wildman–Crippen MR) is 454 cm³/mol. The highest BCUT2D eigenvalue weighted by Gasteiger charge is 2.30. The molecule has 0 saturated carbocycles. The minimum atomic E-state index is -5.01. The van der Waals surface area contributed by atoms with Crippen LogP contribution in [-0.2, 0) is 65.4 Å². The van der Waals surface area contributed by atoms with Crippen molar-refractivity contribution < 1.29 is 80.2 Å². The molecule has 110 heavy (non-hydrogen) atoms. The van der Waals surface area contributed by atoms with Crippen molar-refractivity contribution in [2.24, 2.45) is 0 Å². The molecule has 0 rings (SSSR count). The van der Waals surface area contributed by atoms with E-state index in [0.717, 1.165) is 205 Å². The summed E-state index contributed by atoms with van der Waals surface area (Å²) in [5.74, 6) is -2.33. The van der Waals surface area contributed by atoms with Gasteiger partial charge < -0.3 is 33.8 Å². The Bertz CT molecular complexity index is 2800. The number of phosphoric ester groups is 2. The molecule has 3 N–H and O–H groups in total. The highest BCUT2D eigenvalue weighted by molar-refractivity contribution is 7.47. The van der Waals surface area contributed by atoms with Crippen LogP contribution in [0, 0.1) is 0 Å². The number of allylic oxidation sites excluding steroid dienone is 30. The molecule has 0 heterocycles. The standard InChI is InChI=1S/C91H148O17P2/c1-5-9-13-17-21-25-29-33-36-39-42-45-48-52-55-59-63-67-71-75-88(93)101-81-86(107-90(95)77-73-69-65-61-57-51-32-28-24-20-16-12-8-4)83-105-109(97,98)103-79-85(92)80-104-110(99,100)106-84-87(108-91(96)78-74-70-66-62-58-54-50-47-44-41-38-35-31-27-23-19-15-11-7-3)82-102-89(94)76-72-68-64-60-56-53-49-46-43-40-37-34-30-26-22-18-14-10-6-2/h9-10,13-14,16,20-23,25-28,32-38,42-47,53,56,64,68,85-87,92H,5-8,11-12,15,17-19,24,29-31,39-41,48-52,54-55,57-63,65-67,69-84H2,1-4H3,(H,97,98)(H,99,100)/b13-9-,14-10-,20-16-,25-21-,26-22-,27-23-,32-28-,36-33-,37-34-,38-35-,45-42-,46-43-,47-44-,56-53-,68-64-. The van der Waals surface area contributed by atoms with E-state index in [4.69, 9.17) is 37.0 Å². The lowest BCUT2D eigenvalue weighted by Crippen LogP contribution is -2.30. The Labute approximate surface area is 666 Å². The van der Waals surface area contributed by atoms with E-state index in [2.05, 4.69) is 192 Å². The Morgan fingerprint density at radius 1 is 0.264 bits per heavy atom. The van der Waals surface area contributed by atoms with E-state index in [0.29, 0.717) is 32.1 Å². The Morgan fingerprint density at radius 3 is 0.818 bits per heavy atom. The second kappa shape index (κ2) is 81.2. The number of esters is 4. The van der Waals surface area contributed by atoms with E-state index in [1.807, 2.05) is 18.2 Å². The summed E-state index contributed by atoms with van der Waals surface area (Å²) in [6.07, 6.45) is 98.7. The maximum atomic E-state index is 13.1. The number of carbonyl (C=O) groups excluding carboxylic acids is 4. The van der Waals surface area contributed by atoms with Crippen LogP contribution in [-0.4, -0.2) is 96.7 Å². The molecule has 5 unspecified atom stereocenters. The van der Waals surface area contributed by atoms with Gasteiger partial charge in [-0.1, -0.05) is 300 Å². The van der Waals surface area contributed by atoms with Gasteiger partial charge in [-0.2, -0.15) is 0 Å². The van der Waals surface area contributed by atoms with Crippen molar-refractivity contribution in [1.29, 1.82) is 0 Å². The lowest BCUT2D eigenvalue weighted by atomic mass is 10.1. The summed E-state index contributed by atoms with van der Waals surface area (Å²) in [6.45, 7) is 4.42. The zero-order chi connectivity index (χ0) is 80.3. The zero-order valence-corrected chi connectivity index (χ0v) is 70.1. The average molecular weight is 1580 g/mol. The molecule has 19 heteroatoms. The smallest absolute Gasteiger partial charge is 0.462 e. The number of aliphatic hydroxyl groups excluding tert-OH is 1. The summed E-state index contributed by atoms with van der Waals surface area (Å²) in [5.41, 5.74) is 0. The molecule has 0 aliphatic rings. The topological polar surface area (TPSA) is 237 Å². The van der Waals surface area contributed by atoms with Gasteiger partial charge in [-0.05, 0) is 167 Å². The Balaban J connectivity index is 5.47. The Morgan fingerprint density at radius 2 is 0.509 bits per heavy atom. The van der Waals surface area contributed by atoms with Gasteiger partial charge in [0.05, 0.1) is 26.4 Å². The lowest BCUT2D eigenvalue weighted by molar-refractivity contribution is -0.161. The number of rotatable bonds is 77. The molecule has 0 aliphatic heterocycles. The molecule has 0 aromatic heterocycles. The second-order valence-electron chi connectivity index (χ2n) is 27.3. The van der Waals surface area contributed by atoms with Crippen molar-refractivity contribution in [3.63, 3.8) is 0 Å². The highest BCUT2D eigenvalue weighted by Crippen LogP contribution is 2.45. The summed E-state index contributed by atoms with van der Waals surface area (Å²) >= 11 is 0. The summed E-state index contributed by atoms with van der Waals surface area (Å²) in [7, 11) is -10.0. The summed E-state index contributed by atoms with van der Waals surface area (Å²) in [5, 5.41) is 10.7. The molecule has 624 valence electrons. The van der Waals surface area contributed by atoms with Gasteiger partial charge in [0.1, 0.15) is 19.3 Å². The van der Waals surface area contributed by atoms with Crippen LogP contribution in [0.5, 0.6) is 0 Å². The molecular weight excluding hydrogens is 1430 g/mol.